The summed E-state index contributed by atoms with van der Waals surface area (Å²) >= 11 is 0. The van der Waals surface area contributed by atoms with Gasteiger partial charge >= 0.3 is 0 Å². The van der Waals surface area contributed by atoms with Crippen LogP contribution in [0.4, 0.5) is 0 Å². The zero-order valence-corrected chi connectivity index (χ0v) is 13.1. The third kappa shape index (κ3) is 3.40. The normalized spacial score (nSPS) is 17.2. The molecule has 1 fully saturated rings. The highest BCUT2D eigenvalue weighted by atomic mass is 16.5. The number of nitrogens with zero attached hydrogens (tertiary/aromatic N) is 4. The summed E-state index contributed by atoms with van der Waals surface area (Å²) in [5.74, 6) is -0.0369. The van der Waals surface area contributed by atoms with Crippen molar-refractivity contribution in [1.82, 2.24) is 19.7 Å². The molecule has 0 aliphatic carbocycles. The smallest absolute Gasteiger partial charge is 0.293 e. The van der Waals surface area contributed by atoms with Gasteiger partial charge in [-0.3, -0.25) is 4.79 Å². The largest absolute Gasteiger partial charge is 0.387 e. The molecule has 2 heterocycles. The molecule has 1 aromatic carbocycles. The van der Waals surface area contributed by atoms with E-state index in [1.807, 2.05) is 30.3 Å². The minimum Gasteiger partial charge on any atom is -0.387 e. The minimum atomic E-state index is -0.845. The highest BCUT2D eigenvalue weighted by Crippen LogP contribution is 2.23. The standard InChI is InChI=1S/C16H20N4O3/c1-23-11-16(22)7-9-19(10-8-16)15(21)14-17-12-20(18-14)13-5-3-2-4-6-13/h2-6,12,22H,7-11H2,1H3. The maximum atomic E-state index is 12.5. The van der Waals surface area contributed by atoms with Crippen molar-refractivity contribution < 1.29 is 14.6 Å². The van der Waals surface area contributed by atoms with Gasteiger partial charge in [-0.15, -0.1) is 5.10 Å². The Morgan fingerprint density at radius 2 is 2.00 bits per heavy atom. The third-order valence-electron chi connectivity index (χ3n) is 4.10. The van der Waals surface area contributed by atoms with Crippen molar-refractivity contribution in [1.29, 1.82) is 0 Å². The molecule has 0 spiro atoms. The van der Waals surface area contributed by atoms with Gasteiger partial charge in [-0.2, -0.15) is 0 Å². The fourth-order valence-electron chi connectivity index (χ4n) is 2.75. The minimum absolute atomic E-state index is 0.172. The highest BCUT2D eigenvalue weighted by Gasteiger charge is 2.35. The Bertz CT molecular complexity index is 663. The molecule has 0 unspecified atom stereocenters. The summed E-state index contributed by atoms with van der Waals surface area (Å²) in [4.78, 5) is 18.3. The van der Waals surface area contributed by atoms with Crippen molar-refractivity contribution in [2.24, 2.45) is 0 Å². The molecule has 0 radical (unpaired) electrons. The SMILES string of the molecule is COCC1(O)CCN(C(=O)c2ncn(-c3ccccc3)n2)CC1. The predicted octanol–water partition coefficient (Wildman–Crippen LogP) is 0.881. The van der Waals surface area contributed by atoms with Gasteiger partial charge in [0.25, 0.3) is 5.91 Å². The number of methoxy groups -OCH3 is 1. The summed E-state index contributed by atoms with van der Waals surface area (Å²) in [6.07, 6.45) is 2.52. The van der Waals surface area contributed by atoms with E-state index in [1.54, 1.807) is 16.7 Å². The Morgan fingerprint density at radius 1 is 1.30 bits per heavy atom. The number of hydrogen-bond acceptors (Lipinski definition) is 5. The second-order valence-corrected chi connectivity index (χ2v) is 5.80. The van der Waals surface area contributed by atoms with Crippen molar-refractivity contribution >= 4 is 5.91 Å². The van der Waals surface area contributed by atoms with Crippen LogP contribution in [0.15, 0.2) is 36.7 Å². The molecule has 0 bridgehead atoms. The Balaban J connectivity index is 1.67. The molecule has 23 heavy (non-hydrogen) atoms. The number of aromatic nitrogens is 3. The van der Waals surface area contributed by atoms with Crippen LogP contribution >= 0.6 is 0 Å². The number of hydrogen-bond donors (Lipinski definition) is 1. The van der Waals surface area contributed by atoms with Crippen LogP contribution in [0.3, 0.4) is 0 Å². The number of piperidine rings is 1. The lowest BCUT2D eigenvalue weighted by atomic mass is 9.92. The van der Waals surface area contributed by atoms with Crippen molar-refractivity contribution in [2.45, 2.75) is 18.4 Å². The summed E-state index contributed by atoms with van der Waals surface area (Å²) in [6.45, 7) is 1.23. The van der Waals surface area contributed by atoms with E-state index in [-0.39, 0.29) is 18.3 Å². The zero-order valence-electron chi connectivity index (χ0n) is 13.1. The van der Waals surface area contributed by atoms with Gasteiger partial charge in [0.1, 0.15) is 6.33 Å². The molecule has 1 aliphatic heterocycles. The Labute approximate surface area is 134 Å². The van der Waals surface area contributed by atoms with Crippen molar-refractivity contribution in [3.8, 4) is 5.69 Å². The van der Waals surface area contributed by atoms with Crippen LogP contribution < -0.4 is 0 Å². The van der Waals surface area contributed by atoms with Gasteiger partial charge in [0.05, 0.1) is 17.9 Å². The molecular weight excluding hydrogens is 296 g/mol. The van der Waals surface area contributed by atoms with Gasteiger partial charge in [-0.05, 0) is 25.0 Å². The topological polar surface area (TPSA) is 80.5 Å². The van der Waals surface area contributed by atoms with E-state index < -0.39 is 5.60 Å². The number of rotatable bonds is 4. The Hall–Kier alpha value is -2.25. The van der Waals surface area contributed by atoms with E-state index in [2.05, 4.69) is 10.1 Å². The van der Waals surface area contributed by atoms with Gasteiger partial charge < -0.3 is 14.7 Å². The van der Waals surface area contributed by atoms with E-state index in [0.717, 1.165) is 5.69 Å². The first kappa shape index (κ1) is 15.6. The number of para-hydroxylation sites is 1. The number of benzene rings is 1. The van der Waals surface area contributed by atoms with Crippen LogP contribution in [-0.2, 0) is 4.74 Å². The van der Waals surface area contributed by atoms with Crippen molar-refractivity contribution in [3.63, 3.8) is 0 Å². The first-order valence-corrected chi connectivity index (χ1v) is 7.59. The number of amides is 1. The molecule has 0 atom stereocenters. The van der Waals surface area contributed by atoms with Gasteiger partial charge in [-0.25, -0.2) is 9.67 Å². The predicted molar refractivity (Wildman–Crippen MR) is 83.3 cm³/mol. The number of likely N-dealkylation sites (tertiary alicyclic amines) is 1. The summed E-state index contributed by atoms with van der Waals surface area (Å²) in [5.41, 5.74) is 0.00897. The zero-order chi connectivity index (χ0) is 16.3. The lowest BCUT2D eigenvalue weighted by Crippen LogP contribution is -2.49. The molecule has 7 nitrogen and oxygen atoms in total. The Kier molecular flexibility index (Phi) is 4.40. The fraction of sp³-hybridized carbons (Fsp3) is 0.438. The van der Waals surface area contributed by atoms with E-state index in [1.165, 1.54) is 6.33 Å². The van der Waals surface area contributed by atoms with Crippen LogP contribution in [0.1, 0.15) is 23.5 Å². The maximum absolute atomic E-state index is 12.5. The van der Waals surface area contributed by atoms with Crippen LogP contribution in [0.2, 0.25) is 0 Å². The number of carbonyl (C=O) groups is 1. The van der Waals surface area contributed by atoms with Crippen molar-refractivity contribution in [3.05, 3.63) is 42.5 Å². The van der Waals surface area contributed by atoms with Crippen LogP contribution in [0.25, 0.3) is 5.69 Å². The van der Waals surface area contributed by atoms with E-state index in [9.17, 15) is 9.90 Å². The summed E-state index contributed by atoms with van der Waals surface area (Å²) in [7, 11) is 1.57. The fourth-order valence-corrected chi connectivity index (χ4v) is 2.75. The molecule has 2 aromatic rings. The number of ether oxygens (including phenoxy) is 1. The molecule has 1 N–H and O–H groups in total. The highest BCUT2D eigenvalue weighted by molar-refractivity contribution is 5.90. The quantitative estimate of drug-likeness (QED) is 0.906. The third-order valence-corrected chi connectivity index (χ3v) is 4.10. The lowest BCUT2D eigenvalue weighted by Gasteiger charge is -2.37. The molecule has 122 valence electrons. The first-order chi connectivity index (χ1) is 11.1. The van der Waals surface area contributed by atoms with E-state index in [0.29, 0.717) is 25.9 Å². The molecule has 7 heteroatoms. The molecule has 3 rings (SSSR count). The van der Waals surface area contributed by atoms with Gasteiger partial charge in [0, 0.05) is 20.2 Å². The molecule has 1 aliphatic rings. The van der Waals surface area contributed by atoms with Crippen LogP contribution in [0, 0.1) is 0 Å². The average molecular weight is 316 g/mol. The molecule has 1 saturated heterocycles. The van der Waals surface area contributed by atoms with Crippen LogP contribution in [0.5, 0.6) is 0 Å². The monoisotopic (exact) mass is 316 g/mol. The number of aliphatic hydroxyl groups is 1. The summed E-state index contributed by atoms with van der Waals surface area (Å²) < 4.78 is 6.62. The van der Waals surface area contributed by atoms with E-state index >= 15 is 0 Å². The average Bonchev–Trinajstić information content (AvgIpc) is 3.06. The summed E-state index contributed by atoms with van der Waals surface area (Å²) in [6, 6.07) is 9.52. The van der Waals surface area contributed by atoms with Gasteiger partial charge in [-0.1, -0.05) is 18.2 Å². The lowest BCUT2D eigenvalue weighted by molar-refractivity contribution is -0.0663. The van der Waals surface area contributed by atoms with Gasteiger partial charge in [0.15, 0.2) is 0 Å². The molecule has 1 aromatic heterocycles. The molecular formula is C16H20N4O3. The van der Waals surface area contributed by atoms with Crippen LogP contribution in [-0.4, -0.2) is 63.1 Å². The van der Waals surface area contributed by atoms with E-state index in [4.69, 9.17) is 4.74 Å². The number of carbonyl (C=O) groups excluding carboxylic acids is 1. The first-order valence-electron chi connectivity index (χ1n) is 7.59. The molecule has 1 amide bonds. The van der Waals surface area contributed by atoms with Gasteiger partial charge in [0.2, 0.25) is 5.82 Å². The second kappa shape index (κ2) is 6.47. The summed E-state index contributed by atoms with van der Waals surface area (Å²) in [5, 5.41) is 14.6. The molecule has 0 saturated carbocycles. The maximum Gasteiger partial charge on any atom is 0.293 e. The second-order valence-electron chi connectivity index (χ2n) is 5.80. The van der Waals surface area contributed by atoms with Crippen molar-refractivity contribution in [2.75, 3.05) is 26.8 Å². The Morgan fingerprint density at radius 3 is 2.65 bits per heavy atom.